The minimum Gasteiger partial charge on any atom is -0.369 e. The number of tetrazole rings is 1. The van der Waals surface area contributed by atoms with Gasteiger partial charge in [-0.15, -0.1) is 5.10 Å². The van der Waals surface area contributed by atoms with Crippen LogP contribution in [0.1, 0.15) is 77.8 Å². The summed E-state index contributed by atoms with van der Waals surface area (Å²) in [7, 11) is 0. The topological polar surface area (TPSA) is 82.9 Å². The zero-order valence-electron chi connectivity index (χ0n) is 23.6. The van der Waals surface area contributed by atoms with Crippen LogP contribution in [0.15, 0.2) is 41.2 Å². The molecule has 1 saturated heterocycles. The Morgan fingerprint density at radius 3 is 2.41 bits per heavy atom. The summed E-state index contributed by atoms with van der Waals surface area (Å²) >= 11 is 0. The molecule has 0 spiro atoms. The Kier molecular flexibility index (Phi) is 6.97. The molecule has 3 heterocycles. The Bertz CT molecular complexity index is 1540. The van der Waals surface area contributed by atoms with E-state index in [0.717, 1.165) is 72.4 Å². The Hall–Kier alpha value is -3.52. The third-order valence-electron chi connectivity index (χ3n) is 8.70. The molecule has 1 atom stereocenters. The molecule has 1 N–H and O–H groups in total. The van der Waals surface area contributed by atoms with Crippen LogP contribution in [-0.4, -0.2) is 56.3 Å². The van der Waals surface area contributed by atoms with E-state index in [9.17, 15) is 4.79 Å². The smallest absolute Gasteiger partial charge is 0.253 e. The maximum absolute atomic E-state index is 13.7. The standard InChI is InChI=1S/C31H39N7O/c1-20-10-11-22(3)28(18-20)36-12-14-37(15-13-36)29(30-33-34-35-38(30)24-8-6-5-7-9-24)26-19-25-23(4)16-21(2)17-27(25)32-31(26)39/h10-11,16-19,24,29H,5-9,12-15H2,1-4H3,(H,32,39)/t29-/m0/s1. The summed E-state index contributed by atoms with van der Waals surface area (Å²) in [6, 6.07) is 13.0. The van der Waals surface area contributed by atoms with Crippen LogP contribution < -0.4 is 10.5 Å². The lowest BCUT2D eigenvalue weighted by Crippen LogP contribution is -2.49. The predicted octanol–water partition coefficient (Wildman–Crippen LogP) is 5.17. The van der Waals surface area contributed by atoms with Crippen LogP contribution in [0.4, 0.5) is 5.69 Å². The molecule has 204 valence electrons. The molecule has 1 aliphatic carbocycles. The summed E-state index contributed by atoms with van der Waals surface area (Å²) in [5.41, 5.74) is 7.71. The molecule has 1 aliphatic heterocycles. The first kappa shape index (κ1) is 25.7. The molecular formula is C31H39N7O. The van der Waals surface area contributed by atoms with Gasteiger partial charge in [-0.05, 0) is 91.4 Å². The number of fused-ring (bicyclic) bond motifs is 1. The maximum atomic E-state index is 13.7. The van der Waals surface area contributed by atoms with E-state index in [1.807, 2.05) is 4.68 Å². The second-order valence-electron chi connectivity index (χ2n) is 11.6. The highest BCUT2D eigenvalue weighted by molar-refractivity contribution is 5.83. The van der Waals surface area contributed by atoms with Crippen molar-refractivity contribution in [3.05, 3.63) is 80.4 Å². The highest BCUT2D eigenvalue weighted by Gasteiger charge is 2.34. The van der Waals surface area contributed by atoms with Crippen molar-refractivity contribution in [2.24, 2.45) is 0 Å². The van der Waals surface area contributed by atoms with E-state index in [2.05, 4.69) is 94.4 Å². The SMILES string of the molecule is Cc1ccc(C)c(N2CCN([C@@H](c3cc4c(C)cc(C)cc4[nH]c3=O)c3nnnn3C3CCCCC3)CC2)c1. The number of aromatic nitrogens is 5. The van der Waals surface area contributed by atoms with Gasteiger partial charge in [-0.25, -0.2) is 4.68 Å². The lowest BCUT2D eigenvalue weighted by atomic mass is 9.94. The Labute approximate surface area is 230 Å². The summed E-state index contributed by atoms with van der Waals surface area (Å²) < 4.78 is 2.03. The van der Waals surface area contributed by atoms with Gasteiger partial charge in [0.05, 0.1) is 6.04 Å². The normalized spacial score (nSPS) is 18.1. The molecule has 1 saturated carbocycles. The van der Waals surface area contributed by atoms with E-state index in [4.69, 9.17) is 0 Å². The minimum absolute atomic E-state index is 0.0624. The lowest BCUT2D eigenvalue weighted by molar-refractivity contribution is 0.192. The summed E-state index contributed by atoms with van der Waals surface area (Å²) in [4.78, 5) is 21.8. The molecular weight excluding hydrogens is 486 g/mol. The zero-order chi connectivity index (χ0) is 27.1. The van der Waals surface area contributed by atoms with Gasteiger partial charge in [0.2, 0.25) is 0 Å². The summed E-state index contributed by atoms with van der Waals surface area (Å²) in [5.74, 6) is 0.789. The monoisotopic (exact) mass is 525 g/mol. The second-order valence-corrected chi connectivity index (χ2v) is 11.6. The summed E-state index contributed by atoms with van der Waals surface area (Å²) in [6.07, 6.45) is 5.81. The molecule has 2 aromatic carbocycles. The van der Waals surface area contributed by atoms with Gasteiger partial charge in [0, 0.05) is 48.3 Å². The third kappa shape index (κ3) is 4.98. The van der Waals surface area contributed by atoms with Gasteiger partial charge in [0.25, 0.3) is 5.56 Å². The minimum atomic E-state index is -0.309. The molecule has 0 amide bonds. The first-order valence-corrected chi connectivity index (χ1v) is 14.4. The molecule has 4 aromatic rings. The first-order valence-electron chi connectivity index (χ1n) is 14.4. The van der Waals surface area contributed by atoms with Crippen LogP contribution in [0.2, 0.25) is 0 Å². The number of nitrogens with zero attached hydrogens (tertiary/aromatic N) is 6. The van der Waals surface area contributed by atoms with Crippen LogP contribution in [0, 0.1) is 27.7 Å². The van der Waals surface area contributed by atoms with Crippen molar-refractivity contribution in [2.75, 3.05) is 31.1 Å². The van der Waals surface area contributed by atoms with Crippen molar-refractivity contribution in [2.45, 2.75) is 71.9 Å². The van der Waals surface area contributed by atoms with Crippen molar-refractivity contribution >= 4 is 16.6 Å². The van der Waals surface area contributed by atoms with E-state index in [1.165, 1.54) is 36.1 Å². The number of pyridine rings is 1. The molecule has 0 radical (unpaired) electrons. The zero-order valence-corrected chi connectivity index (χ0v) is 23.6. The Morgan fingerprint density at radius 2 is 1.64 bits per heavy atom. The van der Waals surface area contributed by atoms with Gasteiger partial charge in [0.1, 0.15) is 6.04 Å². The number of H-pyrrole nitrogens is 1. The van der Waals surface area contributed by atoms with E-state index in [-0.39, 0.29) is 17.6 Å². The van der Waals surface area contributed by atoms with Gasteiger partial charge in [-0.2, -0.15) is 0 Å². The van der Waals surface area contributed by atoms with E-state index in [1.54, 1.807) is 0 Å². The van der Waals surface area contributed by atoms with Crippen LogP contribution >= 0.6 is 0 Å². The molecule has 6 rings (SSSR count). The fourth-order valence-corrected chi connectivity index (χ4v) is 6.64. The molecule has 8 nitrogen and oxygen atoms in total. The van der Waals surface area contributed by atoms with E-state index < -0.39 is 0 Å². The number of aryl methyl sites for hydroxylation is 4. The fraction of sp³-hybridized carbons (Fsp3) is 0.484. The number of rotatable bonds is 5. The molecule has 2 aromatic heterocycles. The van der Waals surface area contributed by atoms with Crippen molar-refractivity contribution in [3.63, 3.8) is 0 Å². The average Bonchev–Trinajstić information content (AvgIpc) is 3.41. The summed E-state index contributed by atoms with van der Waals surface area (Å²) in [5, 5.41) is 14.3. The largest absolute Gasteiger partial charge is 0.369 e. The molecule has 2 fully saturated rings. The number of hydrogen-bond acceptors (Lipinski definition) is 6. The number of nitrogens with one attached hydrogen (secondary N) is 1. The highest BCUT2D eigenvalue weighted by Crippen LogP contribution is 2.34. The van der Waals surface area contributed by atoms with Gasteiger partial charge in [0.15, 0.2) is 5.82 Å². The molecule has 39 heavy (non-hydrogen) atoms. The van der Waals surface area contributed by atoms with Gasteiger partial charge in [-0.1, -0.05) is 37.5 Å². The number of hydrogen-bond donors (Lipinski definition) is 1. The predicted molar refractivity (Wildman–Crippen MR) is 156 cm³/mol. The van der Waals surface area contributed by atoms with Crippen molar-refractivity contribution < 1.29 is 0 Å². The van der Waals surface area contributed by atoms with E-state index in [0.29, 0.717) is 0 Å². The second kappa shape index (κ2) is 10.6. The van der Waals surface area contributed by atoms with Crippen LogP contribution in [0.25, 0.3) is 10.9 Å². The van der Waals surface area contributed by atoms with Crippen molar-refractivity contribution in [3.8, 4) is 0 Å². The van der Waals surface area contributed by atoms with Gasteiger partial charge >= 0.3 is 0 Å². The van der Waals surface area contributed by atoms with Crippen LogP contribution in [-0.2, 0) is 0 Å². The van der Waals surface area contributed by atoms with Crippen LogP contribution in [0.5, 0.6) is 0 Å². The lowest BCUT2D eigenvalue weighted by Gasteiger charge is -2.40. The number of aromatic amines is 1. The van der Waals surface area contributed by atoms with Crippen molar-refractivity contribution in [1.82, 2.24) is 30.1 Å². The number of anilines is 1. The van der Waals surface area contributed by atoms with Crippen molar-refractivity contribution in [1.29, 1.82) is 0 Å². The number of piperazine rings is 1. The molecule has 0 unspecified atom stereocenters. The average molecular weight is 526 g/mol. The Balaban J connectivity index is 1.40. The molecule has 2 aliphatic rings. The molecule has 0 bridgehead atoms. The van der Waals surface area contributed by atoms with Gasteiger partial charge in [-0.3, -0.25) is 9.69 Å². The van der Waals surface area contributed by atoms with E-state index >= 15 is 0 Å². The quantitative estimate of drug-likeness (QED) is 0.387. The number of benzene rings is 2. The van der Waals surface area contributed by atoms with Gasteiger partial charge < -0.3 is 9.88 Å². The van der Waals surface area contributed by atoms with Crippen LogP contribution in [0.3, 0.4) is 0 Å². The highest BCUT2D eigenvalue weighted by atomic mass is 16.1. The third-order valence-corrected chi connectivity index (χ3v) is 8.70. The Morgan fingerprint density at radius 1 is 0.872 bits per heavy atom. The fourth-order valence-electron chi connectivity index (χ4n) is 6.64. The maximum Gasteiger partial charge on any atom is 0.253 e. The first-order chi connectivity index (χ1) is 18.9. The molecule has 8 heteroatoms. The summed E-state index contributed by atoms with van der Waals surface area (Å²) in [6.45, 7) is 11.9.